The summed E-state index contributed by atoms with van der Waals surface area (Å²) in [6.45, 7) is 1.62. The van der Waals surface area contributed by atoms with Crippen molar-refractivity contribution in [2.45, 2.75) is 13.0 Å². The minimum absolute atomic E-state index is 0.159. The van der Waals surface area contributed by atoms with Crippen molar-refractivity contribution < 1.29 is 9.59 Å². The molecule has 0 aromatic carbocycles. The predicted molar refractivity (Wildman–Crippen MR) is 71.7 cm³/mol. The lowest BCUT2D eigenvalue weighted by molar-refractivity contribution is -0.130. The highest BCUT2D eigenvalue weighted by atomic mass is 32.1. The van der Waals surface area contributed by atoms with Crippen LogP contribution in [0.15, 0.2) is 0 Å². The Morgan fingerprint density at radius 1 is 1.44 bits per heavy atom. The van der Waals surface area contributed by atoms with Crippen molar-refractivity contribution in [3.05, 3.63) is 4.88 Å². The van der Waals surface area contributed by atoms with E-state index in [0.29, 0.717) is 10.0 Å². The predicted octanol–water partition coefficient (Wildman–Crippen LogP) is -0.0265. The first-order valence-corrected chi connectivity index (χ1v) is 6.14. The summed E-state index contributed by atoms with van der Waals surface area (Å²) in [5.41, 5.74) is 5.63. The zero-order valence-corrected chi connectivity index (χ0v) is 11.6. The highest BCUT2D eigenvalue weighted by Gasteiger charge is 2.21. The van der Waals surface area contributed by atoms with Crippen LogP contribution in [0, 0.1) is 0 Å². The number of thiazole rings is 1. The molecule has 0 aliphatic carbocycles. The molecule has 0 aliphatic heterocycles. The summed E-state index contributed by atoms with van der Waals surface area (Å²) >= 11 is 1.15. The fourth-order valence-corrected chi connectivity index (χ4v) is 2.05. The second kappa shape index (κ2) is 5.67. The molecule has 1 rings (SSSR count). The molecular formula is C10H17N5O2S. The average molecular weight is 271 g/mol. The number of rotatable bonds is 4. The first-order chi connectivity index (χ1) is 8.36. The molecule has 2 amide bonds. The molecule has 18 heavy (non-hydrogen) atoms. The van der Waals surface area contributed by atoms with Crippen molar-refractivity contribution in [1.82, 2.24) is 15.2 Å². The SMILES string of the molecule is CNc1nc(N)c(C(=O)NC(C)C(=O)N(C)C)s1. The zero-order chi connectivity index (χ0) is 13.9. The van der Waals surface area contributed by atoms with Gasteiger partial charge in [0.2, 0.25) is 5.91 Å². The summed E-state index contributed by atoms with van der Waals surface area (Å²) in [5.74, 6) is -0.416. The van der Waals surface area contributed by atoms with Crippen molar-refractivity contribution in [2.75, 3.05) is 32.2 Å². The molecule has 0 saturated carbocycles. The lowest BCUT2D eigenvalue weighted by atomic mass is 10.3. The Hall–Kier alpha value is -1.83. The highest BCUT2D eigenvalue weighted by molar-refractivity contribution is 7.18. The van der Waals surface area contributed by atoms with Gasteiger partial charge in [-0.05, 0) is 6.92 Å². The third-order valence-electron chi connectivity index (χ3n) is 2.23. The first-order valence-electron chi connectivity index (χ1n) is 5.33. The molecule has 7 nitrogen and oxygen atoms in total. The largest absolute Gasteiger partial charge is 0.382 e. The van der Waals surface area contributed by atoms with Gasteiger partial charge in [-0.25, -0.2) is 4.98 Å². The van der Waals surface area contributed by atoms with Crippen LogP contribution in [-0.2, 0) is 4.79 Å². The molecule has 0 radical (unpaired) electrons. The monoisotopic (exact) mass is 271 g/mol. The van der Waals surface area contributed by atoms with Crippen LogP contribution >= 0.6 is 11.3 Å². The number of carbonyl (C=O) groups excluding carboxylic acids is 2. The summed E-state index contributed by atoms with van der Waals surface area (Å²) in [5, 5.41) is 5.96. The Bertz CT molecular complexity index is 457. The van der Waals surface area contributed by atoms with Crippen LogP contribution in [0.3, 0.4) is 0 Å². The van der Waals surface area contributed by atoms with Crippen molar-refractivity contribution in [2.24, 2.45) is 0 Å². The van der Waals surface area contributed by atoms with Gasteiger partial charge in [-0.1, -0.05) is 11.3 Å². The van der Waals surface area contributed by atoms with Crippen LogP contribution in [0.1, 0.15) is 16.6 Å². The molecule has 0 saturated heterocycles. The third kappa shape index (κ3) is 3.10. The smallest absolute Gasteiger partial charge is 0.265 e. The van der Waals surface area contributed by atoms with E-state index in [0.717, 1.165) is 11.3 Å². The van der Waals surface area contributed by atoms with Gasteiger partial charge in [0, 0.05) is 21.1 Å². The zero-order valence-electron chi connectivity index (χ0n) is 10.8. The number of nitrogens with one attached hydrogen (secondary N) is 2. The summed E-state index contributed by atoms with van der Waals surface area (Å²) in [6.07, 6.45) is 0. The summed E-state index contributed by atoms with van der Waals surface area (Å²) in [4.78, 5) is 29.2. The number of nitrogens with zero attached hydrogens (tertiary/aromatic N) is 2. The van der Waals surface area contributed by atoms with Gasteiger partial charge in [-0.15, -0.1) is 0 Å². The molecule has 0 spiro atoms. The van der Waals surface area contributed by atoms with Gasteiger partial charge < -0.3 is 21.3 Å². The van der Waals surface area contributed by atoms with Gasteiger partial charge >= 0.3 is 0 Å². The number of amides is 2. The van der Waals surface area contributed by atoms with E-state index in [1.54, 1.807) is 28.1 Å². The van der Waals surface area contributed by atoms with E-state index >= 15 is 0 Å². The number of likely N-dealkylation sites (N-methyl/N-ethyl adjacent to an activating group) is 1. The molecule has 0 aliphatic rings. The first kappa shape index (κ1) is 14.2. The van der Waals surface area contributed by atoms with Gasteiger partial charge in [0.05, 0.1) is 0 Å². The second-order valence-corrected chi connectivity index (χ2v) is 4.91. The Morgan fingerprint density at radius 3 is 2.50 bits per heavy atom. The van der Waals surface area contributed by atoms with Crippen LogP contribution in [0.2, 0.25) is 0 Å². The normalized spacial score (nSPS) is 11.8. The van der Waals surface area contributed by atoms with E-state index < -0.39 is 11.9 Å². The number of carbonyl (C=O) groups is 2. The Morgan fingerprint density at radius 2 is 2.06 bits per heavy atom. The van der Waals surface area contributed by atoms with Crippen molar-refractivity contribution in [1.29, 1.82) is 0 Å². The number of hydrogen-bond acceptors (Lipinski definition) is 6. The topological polar surface area (TPSA) is 100 Å². The molecule has 0 bridgehead atoms. The van der Waals surface area contributed by atoms with Crippen molar-refractivity contribution >= 4 is 34.1 Å². The Labute approximate surface area is 109 Å². The van der Waals surface area contributed by atoms with Gasteiger partial charge in [-0.3, -0.25) is 9.59 Å². The number of hydrogen-bond donors (Lipinski definition) is 3. The van der Waals surface area contributed by atoms with Gasteiger partial charge in [0.25, 0.3) is 5.91 Å². The van der Waals surface area contributed by atoms with E-state index in [1.807, 2.05) is 0 Å². The van der Waals surface area contributed by atoms with Gasteiger partial charge in [-0.2, -0.15) is 0 Å². The summed E-state index contributed by atoms with van der Waals surface area (Å²) in [6, 6.07) is -0.605. The maximum Gasteiger partial charge on any atom is 0.265 e. The Kier molecular flexibility index (Phi) is 4.49. The molecule has 1 aromatic rings. The molecule has 100 valence electrons. The van der Waals surface area contributed by atoms with Crippen LogP contribution in [0.4, 0.5) is 10.9 Å². The minimum atomic E-state index is -0.605. The molecule has 1 unspecified atom stereocenters. The summed E-state index contributed by atoms with van der Waals surface area (Å²) < 4.78 is 0. The maximum atomic E-state index is 11.9. The van der Waals surface area contributed by atoms with Gasteiger partial charge in [0.1, 0.15) is 16.7 Å². The molecule has 8 heteroatoms. The fourth-order valence-electron chi connectivity index (χ4n) is 1.31. The molecule has 1 atom stereocenters. The standard InChI is InChI=1S/C10H17N5O2S/c1-5(9(17)15(3)4)13-8(16)6-7(11)14-10(12-2)18-6/h5H,11H2,1-4H3,(H,12,14)(H,13,16). The van der Waals surface area contributed by atoms with Crippen LogP contribution in [0.25, 0.3) is 0 Å². The molecule has 4 N–H and O–H groups in total. The number of anilines is 2. The number of aromatic nitrogens is 1. The van der Waals surface area contributed by atoms with E-state index in [4.69, 9.17) is 5.73 Å². The second-order valence-electron chi connectivity index (χ2n) is 3.91. The quantitative estimate of drug-likeness (QED) is 0.714. The lowest BCUT2D eigenvalue weighted by Crippen LogP contribution is -2.44. The van der Waals surface area contributed by atoms with Crippen LogP contribution in [0.5, 0.6) is 0 Å². The molecule has 1 aromatic heterocycles. The van der Waals surface area contributed by atoms with Crippen molar-refractivity contribution in [3.8, 4) is 0 Å². The number of nitrogen functional groups attached to an aromatic ring is 1. The molecule has 0 fully saturated rings. The lowest BCUT2D eigenvalue weighted by Gasteiger charge is -2.17. The molecular weight excluding hydrogens is 254 g/mol. The van der Waals surface area contributed by atoms with Gasteiger partial charge in [0.15, 0.2) is 5.13 Å². The van der Waals surface area contributed by atoms with Crippen LogP contribution < -0.4 is 16.4 Å². The highest BCUT2D eigenvalue weighted by Crippen LogP contribution is 2.24. The van der Waals surface area contributed by atoms with Crippen molar-refractivity contribution in [3.63, 3.8) is 0 Å². The van der Waals surface area contributed by atoms with E-state index in [2.05, 4.69) is 15.6 Å². The molecule has 1 heterocycles. The van der Waals surface area contributed by atoms with E-state index in [9.17, 15) is 9.59 Å². The van der Waals surface area contributed by atoms with E-state index in [1.165, 1.54) is 4.90 Å². The minimum Gasteiger partial charge on any atom is -0.382 e. The fraction of sp³-hybridized carbons (Fsp3) is 0.500. The number of nitrogens with two attached hydrogens (primary N) is 1. The Balaban J connectivity index is 2.76. The summed E-state index contributed by atoms with van der Waals surface area (Å²) in [7, 11) is 4.95. The van der Waals surface area contributed by atoms with E-state index in [-0.39, 0.29) is 11.7 Å². The maximum absolute atomic E-state index is 11.9. The van der Waals surface area contributed by atoms with Crippen LogP contribution in [-0.4, -0.2) is 48.9 Å². The average Bonchev–Trinajstić information content (AvgIpc) is 2.69. The third-order valence-corrected chi connectivity index (χ3v) is 3.32.